The van der Waals surface area contributed by atoms with Crippen molar-refractivity contribution in [3.63, 3.8) is 0 Å². The van der Waals surface area contributed by atoms with Crippen LogP contribution in [0.15, 0.2) is 59.1 Å². The molecule has 2 heterocycles. The molecule has 3 aromatic rings. The molecule has 1 atom stereocenters. The summed E-state index contributed by atoms with van der Waals surface area (Å²) in [5.74, 6) is -0.740. The summed E-state index contributed by atoms with van der Waals surface area (Å²) in [7, 11) is 0. The number of hydrogen-bond acceptors (Lipinski definition) is 5. The molecule has 0 bridgehead atoms. The Morgan fingerprint density at radius 2 is 1.88 bits per heavy atom. The summed E-state index contributed by atoms with van der Waals surface area (Å²) in [5, 5.41) is 9.28. The van der Waals surface area contributed by atoms with E-state index in [0.29, 0.717) is 16.8 Å². The summed E-state index contributed by atoms with van der Waals surface area (Å²) in [6.07, 6.45) is 2.73. The summed E-state index contributed by atoms with van der Waals surface area (Å²) in [6.45, 7) is 1.84. The minimum Gasteiger partial charge on any atom is -0.345 e. The van der Waals surface area contributed by atoms with Gasteiger partial charge in [-0.2, -0.15) is 0 Å². The maximum atomic E-state index is 13.0. The lowest BCUT2D eigenvalue weighted by Gasteiger charge is -2.24. The molecule has 1 aromatic heterocycles. The highest BCUT2D eigenvalue weighted by atomic mass is 16.5. The van der Waals surface area contributed by atoms with Crippen LogP contribution in [-0.2, 0) is 16.0 Å². The average Bonchev–Trinajstić information content (AvgIpc) is 3.50. The molecule has 1 saturated carbocycles. The van der Waals surface area contributed by atoms with Crippen molar-refractivity contribution in [3.05, 3.63) is 71.3 Å². The number of nitrogens with zero attached hydrogens (tertiary/aromatic N) is 2. The maximum Gasteiger partial charge on any atom is 0.255 e. The fourth-order valence-corrected chi connectivity index (χ4v) is 4.16. The Hall–Kier alpha value is -3.94. The molecule has 2 N–H and O–H groups in total. The van der Waals surface area contributed by atoms with Gasteiger partial charge in [-0.05, 0) is 36.5 Å². The first-order chi connectivity index (χ1) is 16.0. The van der Waals surface area contributed by atoms with Gasteiger partial charge in [-0.25, -0.2) is 0 Å². The maximum absolute atomic E-state index is 13.0. The second-order valence-corrected chi connectivity index (χ2v) is 8.33. The van der Waals surface area contributed by atoms with Crippen LogP contribution < -0.4 is 10.6 Å². The first kappa shape index (κ1) is 20.9. The van der Waals surface area contributed by atoms with Gasteiger partial charge in [0, 0.05) is 23.2 Å². The number of anilines is 1. The molecule has 33 heavy (non-hydrogen) atoms. The van der Waals surface area contributed by atoms with E-state index >= 15 is 0 Å². The first-order valence-electron chi connectivity index (χ1n) is 11.1. The minimum absolute atomic E-state index is 0.0773. The molecular formula is C25H24N4O4. The van der Waals surface area contributed by atoms with Crippen LogP contribution in [0.4, 0.5) is 5.88 Å². The molecular weight excluding hydrogens is 420 g/mol. The van der Waals surface area contributed by atoms with E-state index in [2.05, 4.69) is 22.7 Å². The van der Waals surface area contributed by atoms with Crippen molar-refractivity contribution in [2.24, 2.45) is 0 Å². The Kier molecular flexibility index (Phi) is 5.42. The molecule has 8 heteroatoms. The highest BCUT2D eigenvalue weighted by Gasteiger charge is 2.47. The standard InChI is InChI=1S/C25H24N4O4/c1-2-15-7-9-16(10-8-15)20-13-22(33-28-20)27-21(30)14-26-24(31)23-18-5-3-4-6-19(18)25(32)29(23)17-11-12-17/h3-10,13,17,23H,2,11-12,14H2,1H3,(H,26,31)(H,27,30). The van der Waals surface area contributed by atoms with E-state index in [1.54, 1.807) is 29.2 Å². The number of amides is 3. The van der Waals surface area contributed by atoms with Crippen LogP contribution in [0, 0.1) is 0 Å². The number of rotatable bonds is 7. The summed E-state index contributed by atoms with van der Waals surface area (Å²) in [5.41, 5.74) is 3.95. The van der Waals surface area contributed by atoms with Crippen LogP contribution in [-0.4, -0.2) is 40.4 Å². The number of aromatic nitrogens is 1. The van der Waals surface area contributed by atoms with E-state index in [4.69, 9.17) is 4.52 Å². The van der Waals surface area contributed by atoms with E-state index in [1.807, 2.05) is 30.3 Å². The first-order valence-corrected chi connectivity index (χ1v) is 11.1. The number of carbonyl (C=O) groups is 3. The Labute approximate surface area is 190 Å². The van der Waals surface area contributed by atoms with Crippen molar-refractivity contribution in [2.45, 2.75) is 38.3 Å². The fraction of sp³-hybridized carbons (Fsp3) is 0.280. The number of nitrogens with one attached hydrogen (secondary N) is 2. The topological polar surface area (TPSA) is 105 Å². The van der Waals surface area contributed by atoms with Crippen LogP contribution in [0.1, 0.15) is 47.3 Å². The predicted octanol–water partition coefficient (Wildman–Crippen LogP) is 3.32. The van der Waals surface area contributed by atoms with E-state index in [1.165, 1.54) is 5.56 Å². The van der Waals surface area contributed by atoms with Crippen molar-refractivity contribution in [1.29, 1.82) is 0 Å². The molecule has 0 saturated heterocycles. The SMILES string of the molecule is CCc1ccc(-c2cc(NC(=O)CNC(=O)C3c4ccccc4C(=O)N3C3CC3)on2)cc1. The third-order valence-electron chi connectivity index (χ3n) is 6.04. The van der Waals surface area contributed by atoms with Gasteiger partial charge < -0.3 is 14.7 Å². The van der Waals surface area contributed by atoms with Crippen LogP contribution in [0.25, 0.3) is 11.3 Å². The van der Waals surface area contributed by atoms with E-state index in [-0.39, 0.29) is 30.3 Å². The monoisotopic (exact) mass is 444 g/mol. The summed E-state index contributed by atoms with van der Waals surface area (Å²) < 4.78 is 5.22. The number of aryl methyl sites for hydroxylation is 1. The van der Waals surface area contributed by atoms with Gasteiger partial charge in [0.15, 0.2) is 0 Å². The zero-order chi connectivity index (χ0) is 22.9. The zero-order valence-corrected chi connectivity index (χ0v) is 18.2. The van der Waals surface area contributed by atoms with Gasteiger partial charge in [0.1, 0.15) is 11.7 Å². The molecule has 1 aliphatic carbocycles. The average molecular weight is 444 g/mol. The lowest BCUT2D eigenvalue weighted by molar-refractivity contribution is -0.127. The summed E-state index contributed by atoms with van der Waals surface area (Å²) in [6, 6.07) is 16.1. The van der Waals surface area contributed by atoms with Gasteiger partial charge in [-0.15, -0.1) is 0 Å². The van der Waals surface area contributed by atoms with Crippen LogP contribution in [0.3, 0.4) is 0 Å². The fourth-order valence-electron chi connectivity index (χ4n) is 4.16. The largest absolute Gasteiger partial charge is 0.345 e. The normalized spacial score (nSPS) is 17.1. The Bertz CT molecular complexity index is 1210. The molecule has 1 unspecified atom stereocenters. The predicted molar refractivity (Wildman–Crippen MR) is 121 cm³/mol. The molecule has 5 rings (SSSR count). The third-order valence-corrected chi connectivity index (χ3v) is 6.04. The summed E-state index contributed by atoms with van der Waals surface area (Å²) in [4.78, 5) is 39.8. The van der Waals surface area contributed by atoms with Gasteiger partial charge >= 0.3 is 0 Å². The highest BCUT2D eigenvalue weighted by Crippen LogP contribution is 2.41. The number of fused-ring (bicyclic) bond motifs is 1. The van der Waals surface area contributed by atoms with Gasteiger partial charge in [-0.1, -0.05) is 54.5 Å². The van der Waals surface area contributed by atoms with Crippen molar-refractivity contribution in [3.8, 4) is 11.3 Å². The zero-order valence-electron chi connectivity index (χ0n) is 18.2. The third kappa shape index (κ3) is 4.11. The molecule has 1 fully saturated rings. The Morgan fingerprint density at radius 3 is 2.61 bits per heavy atom. The molecule has 168 valence electrons. The lowest BCUT2D eigenvalue weighted by Crippen LogP contribution is -2.42. The van der Waals surface area contributed by atoms with Gasteiger partial charge in [0.05, 0.1) is 6.54 Å². The van der Waals surface area contributed by atoms with Crippen LogP contribution in [0.2, 0.25) is 0 Å². The van der Waals surface area contributed by atoms with Gasteiger partial charge in [0.25, 0.3) is 5.91 Å². The molecule has 3 amide bonds. The molecule has 2 aliphatic rings. The van der Waals surface area contributed by atoms with E-state index in [9.17, 15) is 14.4 Å². The molecule has 0 spiro atoms. The number of carbonyl (C=O) groups excluding carboxylic acids is 3. The molecule has 1 aliphatic heterocycles. The quantitative estimate of drug-likeness (QED) is 0.582. The Balaban J connectivity index is 1.21. The molecule has 0 radical (unpaired) electrons. The van der Waals surface area contributed by atoms with Gasteiger partial charge in [-0.3, -0.25) is 19.7 Å². The summed E-state index contributed by atoms with van der Waals surface area (Å²) >= 11 is 0. The van der Waals surface area contributed by atoms with Gasteiger partial charge in [0.2, 0.25) is 17.7 Å². The van der Waals surface area contributed by atoms with Crippen molar-refractivity contribution < 1.29 is 18.9 Å². The Morgan fingerprint density at radius 1 is 1.12 bits per heavy atom. The van der Waals surface area contributed by atoms with E-state index in [0.717, 1.165) is 24.8 Å². The highest BCUT2D eigenvalue weighted by molar-refractivity contribution is 6.05. The second kappa shape index (κ2) is 8.54. The van der Waals surface area contributed by atoms with Crippen molar-refractivity contribution in [2.75, 3.05) is 11.9 Å². The number of benzene rings is 2. The second-order valence-electron chi connectivity index (χ2n) is 8.33. The van der Waals surface area contributed by atoms with E-state index < -0.39 is 11.9 Å². The van der Waals surface area contributed by atoms with Crippen molar-refractivity contribution >= 4 is 23.6 Å². The smallest absolute Gasteiger partial charge is 0.255 e. The van der Waals surface area contributed by atoms with Crippen LogP contribution in [0.5, 0.6) is 0 Å². The minimum atomic E-state index is -0.711. The van der Waals surface area contributed by atoms with Crippen LogP contribution >= 0.6 is 0 Å². The number of hydrogen-bond donors (Lipinski definition) is 2. The molecule has 2 aromatic carbocycles. The van der Waals surface area contributed by atoms with Crippen molar-refractivity contribution in [1.82, 2.24) is 15.4 Å². The lowest BCUT2D eigenvalue weighted by atomic mass is 10.0. The molecule has 8 nitrogen and oxygen atoms in total.